The van der Waals surface area contributed by atoms with Crippen LogP contribution in [-0.2, 0) is 5.41 Å². The van der Waals surface area contributed by atoms with Crippen LogP contribution in [-0.4, -0.2) is 23.2 Å². The van der Waals surface area contributed by atoms with Gasteiger partial charge in [0, 0.05) is 12.0 Å². The van der Waals surface area contributed by atoms with Crippen LogP contribution >= 0.6 is 0 Å². The maximum absolute atomic E-state index is 13.2. The molecule has 1 unspecified atom stereocenters. The monoisotopic (exact) mass is 316 g/mol. The van der Waals surface area contributed by atoms with Crippen molar-refractivity contribution in [2.24, 2.45) is 0 Å². The van der Waals surface area contributed by atoms with Crippen LogP contribution in [0.15, 0.2) is 18.2 Å². The van der Waals surface area contributed by atoms with E-state index in [9.17, 15) is 27.5 Å². The lowest BCUT2D eigenvalue weighted by molar-refractivity contribution is -0.264. The van der Waals surface area contributed by atoms with Crippen LogP contribution in [0.5, 0.6) is 0 Å². The molecule has 0 bridgehead atoms. The van der Waals surface area contributed by atoms with Crippen molar-refractivity contribution in [2.45, 2.75) is 43.9 Å². The smallest absolute Gasteiger partial charge is 0.380 e. The molecule has 1 N–H and O–H groups in total. The van der Waals surface area contributed by atoms with E-state index in [1.54, 1.807) is 0 Å². The van der Waals surface area contributed by atoms with E-state index >= 15 is 0 Å². The van der Waals surface area contributed by atoms with Crippen LogP contribution in [0.1, 0.15) is 42.6 Å². The summed E-state index contributed by atoms with van der Waals surface area (Å²) in [6.45, 7) is 2.86. The zero-order chi connectivity index (χ0) is 17.2. The Morgan fingerprint density at radius 1 is 1.32 bits per heavy atom. The van der Waals surface area contributed by atoms with Crippen LogP contribution in [0.3, 0.4) is 0 Å². The van der Waals surface area contributed by atoms with Gasteiger partial charge in [-0.2, -0.15) is 13.2 Å². The second-order valence-corrected chi connectivity index (χ2v) is 5.82. The average molecular weight is 316 g/mol. The molecule has 0 aliphatic carbocycles. The van der Waals surface area contributed by atoms with E-state index in [0.29, 0.717) is 6.29 Å². The van der Waals surface area contributed by atoms with Crippen LogP contribution in [0.4, 0.5) is 17.6 Å². The Labute approximate surface area is 126 Å². The molecule has 0 amide bonds. The third kappa shape index (κ3) is 3.66. The highest BCUT2D eigenvalue weighted by Crippen LogP contribution is 2.43. The van der Waals surface area contributed by atoms with Crippen molar-refractivity contribution >= 4 is 6.29 Å². The average Bonchev–Trinajstić information content (AvgIpc) is 2.36. The van der Waals surface area contributed by atoms with Crippen molar-refractivity contribution in [2.75, 3.05) is 0 Å². The zero-order valence-corrected chi connectivity index (χ0v) is 12.2. The summed E-state index contributed by atoms with van der Waals surface area (Å²) in [5.74, 6) is 1.16. The molecule has 0 aliphatic rings. The van der Waals surface area contributed by atoms with Gasteiger partial charge in [0.2, 0.25) is 0 Å². The highest BCUT2D eigenvalue weighted by atomic mass is 19.4. The number of carbonyl (C=O) groups is 1. The highest BCUT2D eigenvalue weighted by Gasteiger charge is 2.55. The standard InChI is InChI=1S/C16H16F4O2/c1-4-7-15(22,16(18,19)20)10-14(2,3)13-6-5-12(17)8-11(13)9-21/h1,5-6,8-9,22H,7,10H2,2-3H3. The quantitative estimate of drug-likeness (QED) is 0.512. The molecular weight excluding hydrogens is 300 g/mol. The molecule has 0 aliphatic heterocycles. The molecule has 0 aromatic heterocycles. The predicted molar refractivity (Wildman–Crippen MR) is 73.9 cm³/mol. The van der Waals surface area contributed by atoms with Crippen LogP contribution in [0, 0.1) is 18.2 Å². The molecule has 0 saturated heterocycles. The van der Waals surface area contributed by atoms with E-state index < -0.39 is 35.9 Å². The lowest BCUT2D eigenvalue weighted by Gasteiger charge is -2.37. The third-order valence-corrected chi connectivity index (χ3v) is 3.53. The minimum absolute atomic E-state index is 0.0600. The number of aliphatic hydroxyl groups is 1. The topological polar surface area (TPSA) is 37.3 Å². The minimum atomic E-state index is -4.92. The molecule has 22 heavy (non-hydrogen) atoms. The van der Waals surface area contributed by atoms with Crippen LogP contribution in [0.25, 0.3) is 0 Å². The maximum atomic E-state index is 13.2. The van der Waals surface area contributed by atoms with Crippen LogP contribution in [0.2, 0.25) is 0 Å². The molecule has 1 aromatic rings. The molecule has 0 radical (unpaired) electrons. The van der Waals surface area contributed by atoms with E-state index in [0.717, 1.165) is 12.1 Å². The van der Waals surface area contributed by atoms with Crippen molar-refractivity contribution < 1.29 is 27.5 Å². The molecule has 1 aromatic carbocycles. The van der Waals surface area contributed by atoms with E-state index in [1.807, 2.05) is 5.92 Å². The fourth-order valence-electron chi connectivity index (χ4n) is 2.51. The molecule has 0 fully saturated rings. The number of carbonyl (C=O) groups excluding carboxylic acids is 1. The van der Waals surface area contributed by atoms with E-state index in [4.69, 9.17) is 6.42 Å². The van der Waals surface area contributed by atoms with Gasteiger partial charge in [0.05, 0.1) is 0 Å². The second kappa shape index (κ2) is 6.09. The fraction of sp³-hybridized carbons (Fsp3) is 0.438. The maximum Gasteiger partial charge on any atom is 0.418 e. The van der Waals surface area contributed by atoms with E-state index in [-0.39, 0.29) is 11.1 Å². The summed E-state index contributed by atoms with van der Waals surface area (Å²) in [6, 6.07) is 3.24. The van der Waals surface area contributed by atoms with Crippen molar-refractivity contribution in [3.05, 3.63) is 35.1 Å². The first-order valence-electron chi connectivity index (χ1n) is 6.44. The summed E-state index contributed by atoms with van der Waals surface area (Å²) in [7, 11) is 0. The van der Waals surface area contributed by atoms with Gasteiger partial charge in [-0.05, 0) is 29.5 Å². The van der Waals surface area contributed by atoms with Gasteiger partial charge in [-0.15, -0.1) is 12.3 Å². The Kier molecular flexibility index (Phi) is 5.03. The number of terminal acetylenes is 1. The number of benzene rings is 1. The van der Waals surface area contributed by atoms with Gasteiger partial charge in [0.15, 0.2) is 5.60 Å². The van der Waals surface area contributed by atoms with Gasteiger partial charge in [0.1, 0.15) is 12.1 Å². The Bertz CT molecular complexity index is 599. The molecule has 120 valence electrons. The molecule has 1 rings (SSSR count). The summed E-state index contributed by atoms with van der Waals surface area (Å²) in [6.07, 6.45) is -1.28. The summed E-state index contributed by atoms with van der Waals surface area (Å²) in [4.78, 5) is 11.0. The summed E-state index contributed by atoms with van der Waals surface area (Å²) < 4.78 is 52.5. The van der Waals surface area contributed by atoms with E-state index in [1.165, 1.54) is 19.9 Å². The summed E-state index contributed by atoms with van der Waals surface area (Å²) in [5.41, 5.74) is -4.18. The van der Waals surface area contributed by atoms with Gasteiger partial charge in [0.25, 0.3) is 0 Å². The molecule has 0 spiro atoms. The van der Waals surface area contributed by atoms with Crippen molar-refractivity contribution in [3.63, 3.8) is 0 Å². The van der Waals surface area contributed by atoms with Gasteiger partial charge < -0.3 is 5.11 Å². The molecule has 2 nitrogen and oxygen atoms in total. The minimum Gasteiger partial charge on any atom is -0.380 e. The van der Waals surface area contributed by atoms with Crippen molar-refractivity contribution in [1.29, 1.82) is 0 Å². The molecule has 1 atom stereocenters. The first-order valence-corrected chi connectivity index (χ1v) is 6.44. The first-order chi connectivity index (χ1) is 9.97. The Balaban J connectivity index is 3.30. The zero-order valence-electron chi connectivity index (χ0n) is 12.2. The summed E-state index contributed by atoms with van der Waals surface area (Å²) in [5, 5.41) is 9.93. The Morgan fingerprint density at radius 3 is 2.36 bits per heavy atom. The van der Waals surface area contributed by atoms with Gasteiger partial charge in [-0.25, -0.2) is 4.39 Å². The van der Waals surface area contributed by atoms with Crippen LogP contribution < -0.4 is 0 Å². The molecule has 0 saturated carbocycles. The lowest BCUT2D eigenvalue weighted by Crippen LogP contribution is -2.49. The SMILES string of the molecule is C#CCC(O)(CC(C)(C)c1ccc(F)cc1C=O)C(F)(F)F. The Hall–Kier alpha value is -1.87. The summed E-state index contributed by atoms with van der Waals surface area (Å²) >= 11 is 0. The van der Waals surface area contributed by atoms with Crippen molar-refractivity contribution in [1.82, 2.24) is 0 Å². The number of alkyl halides is 3. The first kappa shape index (κ1) is 18.2. The van der Waals surface area contributed by atoms with Gasteiger partial charge in [-0.3, -0.25) is 4.79 Å². The number of halogens is 4. The predicted octanol–water partition coefficient (Wildman–Crippen LogP) is 3.62. The van der Waals surface area contributed by atoms with Gasteiger partial charge in [-0.1, -0.05) is 19.9 Å². The number of hydrogen-bond donors (Lipinski definition) is 1. The number of rotatable bonds is 5. The largest absolute Gasteiger partial charge is 0.418 e. The normalized spacial score (nSPS) is 15.0. The molecule has 6 heteroatoms. The number of aldehydes is 1. The van der Waals surface area contributed by atoms with Gasteiger partial charge >= 0.3 is 6.18 Å². The highest BCUT2D eigenvalue weighted by molar-refractivity contribution is 5.78. The lowest BCUT2D eigenvalue weighted by atomic mass is 9.72. The number of hydrogen-bond acceptors (Lipinski definition) is 2. The van der Waals surface area contributed by atoms with E-state index in [2.05, 4.69) is 0 Å². The Morgan fingerprint density at radius 2 is 1.91 bits per heavy atom. The van der Waals surface area contributed by atoms with Crippen molar-refractivity contribution in [3.8, 4) is 12.3 Å². The molecule has 0 heterocycles. The second-order valence-electron chi connectivity index (χ2n) is 5.82. The third-order valence-electron chi connectivity index (χ3n) is 3.53. The fourth-order valence-corrected chi connectivity index (χ4v) is 2.51. The molecular formula is C16H16F4O2.